The van der Waals surface area contributed by atoms with E-state index < -0.39 is 0 Å². The lowest BCUT2D eigenvalue weighted by atomic mass is 10.00. The number of fused-ring (bicyclic) bond motifs is 1. The van der Waals surface area contributed by atoms with Crippen LogP contribution >= 0.6 is 0 Å². The maximum Gasteiger partial charge on any atom is 0.326 e. The van der Waals surface area contributed by atoms with E-state index in [1.807, 2.05) is 9.47 Å². The van der Waals surface area contributed by atoms with Crippen LogP contribution in [-0.4, -0.2) is 61.0 Å². The third-order valence-electron chi connectivity index (χ3n) is 7.01. The summed E-state index contributed by atoms with van der Waals surface area (Å²) in [5, 5.41) is 0. The number of aryl methyl sites for hydroxylation is 1. The SMILES string of the molecule is CCc1ccc2c(c1)[nH]c(=O)n2C1CCN(C2CCCCN2C(=O)c2cncnc2)CC1. The van der Waals surface area contributed by atoms with Crippen LogP contribution in [0, 0.1) is 0 Å². The van der Waals surface area contributed by atoms with Crippen molar-refractivity contribution in [2.45, 2.75) is 57.7 Å². The Morgan fingerprint density at radius 3 is 2.62 bits per heavy atom. The van der Waals surface area contributed by atoms with Crippen LogP contribution in [0.5, 0.6) is 0 Å². The number of aromatic nitrogens is 4. The molecule has 2 saturated heterocycles. The van der Waals surface area contributed by atoms with E-state index in [1.165, 1.54) is 11.9 Å². The standard InChI is InChI=1S/C24H30N6O2/c1-2-17-6-7-21-20(13-17)27-24(32)30(21)19-8-11-28(12-9-19)22-5-3-4-10-29(22)23(31)18-14-25-16-26-15-18/h6-7,13-16,19,22H,2-5,8-12H2,1H3,(H,27,32). The van der Waals surface area contributed by atoms with Crippen molar-refractivity contribution in [3.8, 4) is 0 Å². The van der Waals surface area contributed by atoms with Crippen LogP contribution in [0.15, 0.2) is 41.7 Å². The normalized spacial score (nSPS) is 20.7. The molecule has 8 nitrogen and oxygen atoms in total. The number of aromatic amines is 1. The van der Waals surface area contributed by atoms with Crippen molar-refractivity contribution >= 4 is 16.9 Å². The number of nitrogens with one attached hydrogen (secondary N) is 1. The van der Waals surface area contributed by atoms with E-state index in [-0.39, 0.29) is 23.8 Å². The molecule has 0 spiro atoms. The Morgan fingerprint density at radius 1 is 1.09 bits per heavy atom. The highest BCUT2D eigenvalue weighted by molar-refractivity contribution is 5.93. The molecule has 1 atom stereocenters. The van der Waals surface area contributed by atoms with Gasteiger partial charge in [-0.15, -0.1) is 0 Å². The van der Waals surface area contributed by atoms with Gasteiger partial charge in [-0.25, -0.2) is 14.8 Å². The van der Waals surface area contributed by atoms with E-state index in [4.69, 9.17) is 0 Å². The van der Waals surface area contributed by atoms with Crippen molar-refractivity contribution in [1.82, 2.24) is 29.3 Å². The summed E-state index contributed by atoms with van der Waals surface area (Å²) in [4.78, 5) is 41.3. The average molecular weight is 435 g/mol. The first-order valence-corrected chi connectivity index (χ1v) is 11.7. The maximum absolute atomic E-state index is 13.1. The molecule has 2 fully saturated rings. The first kappa shape index (κ1) is 20.9. The van der Waals surface area contributed by atoms with E-state index in [2.05, 4.69) is 45.0 Å². The van der Waals surface area contributed by atoms with Crippen LogP contribution in [0.3, 0.4) is 0 Å². The third-order valence-corrected chi connectivity index (χ3v) is 7.01. The number of amides is 1. The van der Waals surface area contributed by atoms with Gasteiger partial charge in [-0.05, 0) is 56.2 Å². The van der Waals surface area contributed by atoms with Gasteiger partial charge in [0, 0.05) is 38.1 Å². The lowest BCUT2D eigenvalue weighted by Crippen LogP contribution is -2.55. The molecule has 1 N–H and O–H groups in total. The van der Waals surface area contributed by atoms with Crippen molar-refractivity contribution in [2.75, 3.05) is 19.6 Å². The van der Waals surface area contributed by atoms with Crippen molar-refractivity contribution in [2.24, 2.45) is 0 Å². The van der Waals surface area contributed by atoms with Gasteiger partial charge in [0.15, 0.2) is 0 Å². The van der Waals surface area contributed by atoms with Gasteiger partial charge >= 0.3 is 5.69 Å². The molecule has 0 saturated carbocycles. The van der Waals surface area contributed by atoms with Gasteiger partial charge in [0.25, 0.3) is 5.91 Å². The van der Waals surface area contributed by atoms with Gasteiger partial charge in [0.1, 0.15) is 6.33 Å². The zero-order chi connectivity index (χ0) is 22.1. The van der Waals surface area contributed by atoms with Gasteiger partial charge in [-0.2, -0.15) is 0 Å². The molecule has 5 rings (SSSR count). The molecule has 168 valence electrons. The number of likely N-dealkylation sites (tertiary alicyclic amines) is 2. The topological polar surface area (TPSA) is 87.1 Å². The molecule has 0 aliphatic carbocycles. The van der Waals surface area contributed by atoms with Crippen molar-refractivity contribution in [1.29, 1.82) is 0 Å². The fourth-order valence-electron chi connectivity index (χ4n) is 5.31. The fraction of sp³-hybridized carbons (Fsp3) is 0.500. The second-order valence-electron chi connectivity index (χ2n) is 8.87. The summed E-state index contributed by atoms with van der Waals surface area (Å²) in [6.07, 6.45) is 10.6. The molecular weight excluding hydrogens is 404 g/mol. The first-order chi connectivity index (χ1) is 15.7. The predicted molar refractivity (Wildman–Crippen MR) is 122 cm³/mol. The summed E-state index contributed by atoms with van der Waals surface area (Å²) in [6.45, 7) is 4.63. The zero-order valence-electron chi connectivity index (χ0n) is 18.5. The number of imidazole rings is 1. The average Bonchev–Trinajstić information content (AvgIpc) is 3.19. The first-order valence-electron chi connectivity index (χ1n) is 11.7. The number of hydrogen-bond acceptors (Lipinski definition) is 5. The molecule has 8 heteroatoms. The molecule has 2 aliphatic heterocycles. The van der Waals surface area contributed by atoms with Gasteiger partial charge in [0.05, 0.1) is 22.8 Å². The van der Waals surface area contributed by atoms with Crippen LogP contribution < -0.4 is 5.69 Å². The summed E-state index contributed by atoms with van der Waals surface area (Å²) in [6, 6.07) is 6.44. The fourth-order valence-corrected chi connectivity index (χ4v) is 5.31. The lowest BCUT2D eigenvalue weighted by Gasteiger charge is -2.45. The second-order valence-corrected chi connectivity index (χ2v) is 8.87. The number of rotatable bonds is 4. The monoisotopic (exact) mass is 434 g/mol. The highest BCUT2D eigenvalue weighted by Gasteiger charge is 2.34. The number of H-pyrrole nitrogens is 1. The van der Waals surface area contributed by atoms with Crippen LogP contribution in [0.4, 0.5) is 0 Å². The number of hydrogen-bond donors (Lipinski definition) is 1. The van der Waals surface area contributed by atoms with Crippen molar-refractivity contribution in [3.63, 3.8) is 0 Å². The minimum Gasteiger partial charge on any atom is -0.323 e. The minimum atomic E-state index is -0.0229. The molecule has 1 unspecified atom stereocenters. The van der Waals surface area contributed by atoms with E-state index in [1.54, 1.807) is 12.4 Å². The Hall–Kier alpha value is -3.00. The summed E-state index contributed by atoms with van der Waals surface area (Å²) in [7, 11) is 0. The summed E-state index contributed by atoms with van der Waals surface area (Å²) in [5.41, 5.74) is 3.66. The molecule has 3 aromatic rings. The Kier molecular flexibility index (Phi) is 5.78. The predicted octanol–water partition coefficient (Wildman–Crippen LogP) is 2.97. The van der Waals surface area contributed by atoms with Crippen molar-refractivity contribution < 1.29 is 4.79 Å². The van der Waals surface area contributed by atoms with Crippen LogP contribution in [-0.2, 0) is 6.42 Å². The van der Waals surface area contributed by atoms with Crippen molar-refractivity contribution in [3.05, 3.63) is 58.5 Å². The van der Waals surface area contributed by atoms with E-state index in [9.17, 15) is 9.59 Å². The quantitative estimate of drug-likeness (QED) is 0.682. The zero-order valence-corrected chi connectivity index (χ0v) is 18.5. The Labute approximate surface area is 187 Å². The van der Waals surface area contributed by atoms with Gasteiger partial charge in [-0.3, -0.25) is 14.3 Å². The summed E-state index contributed by atoms with van der Waals surface area (Å²) >= 11 is 0. The smallest absolute Gasteiger partial charge is 0.323 e. The van der Waals surface area contributed by atoms with Crippen LogP contribution in [0.2, 0.25) is 0 Å². The summed E-state index contributed by atoms with van der Waals surface area (Å²) in [5.74, 6) is 0.0111. The Balaban J connectivity index is 1.32. The van der Waals surface area contributed by atoms with E-state index >= 15 is 0 Å². The highest BCUT2D eigenvalue weighted by atomic mass is 16.2. The number of nitrogens with zero attached hydrogens (tertiary/aromatic N) is 5. The molecular formula is C24H30N6O2. The largest absolute Gasteiger partial charge is 0.326 e. The van der Waals surface area contributed by atoms with Crippen LogP contribution in [0.1, 0.15) is 61.0 Å². The molecule has 2 aromatic heterocycles. The van der Waals surface area contributed by atoms with E-state index in [0.717, 1.165) is 69.2 Å². The number of carbonyl (C=O) groups excluding carboxylic acids is 1. The molecule has 32 heavy (non-hydrogen) atoms. The van der Waals surface area contributed by atoms with Crippen LogP contribution in [0.25, 0.3) is 11.0 Å². The molecule has 2 aliphatic rings. The number of carbonyl (C=O) groups is 1. The Bertz CT molecular complexity index is 1150. The van der Waals surface area contributed by atoms with Gasteiger partial charge in [-0.1, -0.05) is 13.0 Å². The third kappa shape index (κ3) is 3.83. The molecule has 1 amide bonds. The minimum absolute atomic E-state index is 0.0111. The van der Waals surface area contributed by atoms with Gasteiger partial charge in [0.2, 0.25) is 0 Å². The molecule has 0 bridgehead atoms. The second kappa shape index (κ2) is 8.86. The number of benzene rings is 1. The molecule has 0 radical (unpaired) electrons. The molecule has 4 heterocycles. The number of piperidine rings is 2. The lowest BCUT2D eigenvalue weighted by molar-refractivity contribution is 0.00115. The molecule has 1 aromatic carbocycles. The maximum atomic E-state index is 13.1. The summed E-state index contributed by atoms with van der Waals surface area (Å²) < 4.78 is 1.94. The Morgan fingerprint density at radius 2 is 1.88 bits per heavy atom. The highest BCUT2D eigenvalue weighted by Crippen LogP contribution is 2.30. The van der Waals surface area contributed by atoms with Gasteiger partial charge < -0.3 is 9.88 Å². The van der Waals surface area contributed by atoms with E-state index in [0.29, 0.717) is 5.56 Å².